The molecule has 20 heavy (non-hydrogen) atoms. The summed E-state index contributed by atoms with van der Waals surface area (Å²) >= 11 is 1.94. The molecule has 106 valence electrons. The quantitative estimate of drug-likeness (QED) is 0.853. The van der Waals surface area contributed by atoms with Crippen molar-refractivity contribution in [1.82, 2.24) is 14.5 Å². The molecule has 0 radical (unpaired) electrons. The Hall–Kier alpha value is -1.49. The third kappa shape index (κ3) is 2.54. The van der Waals surface area contributed by atoms with Gasteiger partial charge in [-0.1, -0.05) is 12.1 Å². The van der Waals surface area contributed by atoms with Gasteiger partial charge >= 0.3 is 0 Å². The van der Waals surface area contributed by atoms with Gasteiger partial charge in [0.05, 0.1) is 17.4 Å². The molecule has 0 bridgehead atoms. The van der Waals surface area contributed by atoms with E-state index >= 15 is 0 Å². The Morgan fingerprint density at radius 3 is 3.05 bits per heavy atom. The summed E-state index contributed by atoms with van der Waals surface area (Å²) in [6.45, 7) is 3.71. The van der Waals surface area contributed by atoms with Crippen LogP contribution in [0.15, 0.2) is 30.6 Å². The number of aromatic nitrogens is 2. The molecule has 0 spiro atoms. The van der Waals surface area contributed by atoms with Crippen LogP contribution < -0.4 is 0 Å². The van der Waals surface area contributed by atoms with Crippen molar-refractivity contribution in [3.05, 3.63) is 30.6 Å². The molecule has 2 heterocycles. The number of hydrogen-bond acceptors (Lipinski definition) is 3. The molecule has 1 atom stereocenters. The lowest BCUT2D eigenvalue weighted by atomic mass is 10.2. The van der Waals surface area contributed by atoms with Gasteiger partial charge in [-0.25, -0.2) is 4.98 Å². The number of para-hydroxylation sites is 2. The number of benzene rings is 1. The van der Waals surface area contributed by atoms with Crippen LogP contribution in [0.3, 0.4) is 0 Å². The summed E-state index contributed by atoms with van der Waals surface area (Å²) in [5.41, 5.74) is 1.97. The van der Waals surface area contributed by atoms with Crippen molar-refractivity contribution in [3.8, 4) is 0 Å². The lowest BCUT2D eigenvalue weighted by Gasteiger charge is -2.24. The van der Waals surface area contributed by atoms with Crippen LogP contribution in [0.2, 0.25) is 0 Å². The molecule has 2 aromatic rings. The molecule has 1 amide bonds. The maximum atomic E-state index is 12.7. The summed E-state index contributed by atoms with van der Waals surface area (Å²) < 4.78 is 1.98. The van der Waals surface area contributed by atoms with Crippen molar-refractivity contribution in [2.75, 3.05) is 24.6 Å². The summed E-state index contributed by atoms with van der Waals surface area (Å²) in [6, 6.07) is 7.76. The smallest absolute Gasteiger partial charge is 0.245 e. The van der Waals surface area contributed by atoms with Gasteiger partial charge in [0.25, 0.3) is 0 Å². The van der Waals surface area contributed by atoms with Gasteiger partial charge in [-0.15, -0.1) is 0 Å². The van der Waals surface area contributed by atoms with Crippen LogP contribution in [0.5, 0.6) is 0 Å². The number of imidazole rings is 1. The SMILES string of the molecule is C[C@@H](C(=O)N1CCCSCC1)n1cnc2ccccc21. The lowest BCUT2D eigenvalue weighted by molar-refractivity contribution is -0.133. The van der Waals surface area contributed by atoms with E-state index in [1.165, 1.54) is 0 Å². The van der Waals surface area contributed by atoms with E-state index in [0.717, 1.165) is 42.0 Å². The van der Waals surface area contributed by atoms with Gasteiger partial charge in [0.2, 0.25) is 5.91 Å². The Labute approximate surface area is 123 Å². The summed E-state index contributed by atoms with van der Waals surface area (Å²) in [5.74, 6) is 2.41. The fourth-order valence-corrected chi connectivity index (χ4v) is 3.52. The van der Waals surface area contributed by atoms with Crippen LogP contribution >= 0.6 is 11.8 Å². The van der Waals surface area contributed by atoms with Gasteiger partial charge in [-0.2, -0.15) is 11.8 Å². The third-order valence-electron chi connectivity index (χ3n) is 3.79. The first kappa shape index (κ1) is 13.5. The topological polar surface area (TPSA) is 38.1 Å². The number of carbonyl (C=O) groups excluding carboxylic acids is 1. The minimum atomic E-state index is -0.189. The molecule has 1 aromatic carbocycles. The van der Waals surface area contributed by atoms with Gasteiger partial charge in [0.15, 0.2) is 0 Å². The number of rotatable bonds is 2. The first-order valence-electron chi connectivity index (χ1n) is 7.05. The first-order chi connectivity index (χ1) is 9.77. The minimum Gasteiger partial charge on any atom is -0.340 e. The second-order valence-corrected chi connectivity index (χ2v) is 6.33. The number of thioether (sulfide) groups is 1. The summed E-state index contributed by atoms with van der Waals surface area (Å²) in [6.07, 6.45) is 2.87. The first-order valence-corrected chi connectivity index (χ1v) is 8.21. The average Bonchev–Trinajstić information content (AvgIpc) is 2.72. The van der Waals surface area contributed by atoms with Gasteiger partial charge in [0, 0.05) is 18.8 Å². The Kier molecular flexibility index (Phi) is 3.96. The van der Waals surface area contributed by atoms with Crippen LogP contribution in [-0.2, 0) is 4.79 Å². The number of fused-ring (bicyclic) bond motifs is 1. The number of carbonyl (C=O) groups is 1. The molecule has 0 N–H and O–H groups in total. The second kappa shape index (κ2) is 5.87. The van der Waals surface area contributed by atoms with E-state index in [2.05, 4.69) is 4.98 Å². The van der Waals surface area contributed by atoms with Gasteiger partial charge in [-0.05, 0) is 31.2 Å². The molecule has 0 aliphatic carbocycles. The molecule has 1 fully saturated rings. The van der Waals surface area contributed by atoms with E-state index in [1.54, 1.807) is 6.33 Å². The number of nitrogens with zero attached hydrogens (tertiary/aromatic N) is 3. The van der Waals surface area contributed by atoms with E-state index in [0.29, 0.717) is 0 Å². The maximum Gasteiger partial charge on any atom is 0.245 e. The van der Waals surface area contributed by atoms with E-state index in [9.17, 15) is 4.79 Å². The zero-order valence-electron chi connectivity index (χ0n) is 11.7. The normalized spacial score (nSPS) is 17.9. The zero-order chi connectivity index (χ0) is 13.9. The molecule has 1 saturated heterocycles. The van der Waals surface area contributed by atoms with Crippen molar-refractivity contribution >= 4 is 28.7 Å². The fraction of sp³-hybridized carbons (Fsp3) is 0.467. The minimum absolute atomic E-state index is 0.189. The highest BCUT2D eigenvalue weighted by atomic mass is 32.2. The Bertz CT molecular complexity index is 602. The predicted molar refractivity (Wildman–Crippen MR) is 83.0 cm³/mol. The maximum absolute atomic E-state index is 12.7. The molecule has 0 unspecified atom stereocenters. The van der Waals surface area contributed by atoms with Crippen molar-refractivity contribution in [3.63, 3.8) is 0 Å². The highest BCUT2D eigenvalue weighted by Gasteiger charge is 2.23. The van der Waals surface area contributed by atoms with E-state index in [-0.39, 0.29) is 11.9 Å². The molecule has 1 aromatic heterocycles. The van der Waals surface area contributed by atoms with Crippen LogP contribution in [-0.4, -0.2) is 45.0 Å². The molecule has 4 nitrogen and oxygen atoms in total. The molecular weight excluding hydrogens is 270 g/mol. The molecule has 1 aliphatic heterocycles. The second-order valence-electron chi connectivity index (χ2n) is 5.11. The summed E-state index contributed by atoms with van der Waals surface area (Å²) in [4.78, 5) is 19.0. The average molecular weight is 289 g/mol. The van der Waals surface area contributed by atoms with Crippen molar-refractivity contribution in [2.45, 2.75) is 19.4 Å². The monoisotopic (exact) mass is 289 g/mol. The van der Waals surface area contributed by atoms with Crippen LogP contribution in [0.25, 0.3) is 11.0 Å². The number of amides is 1. The van der Waals surface area contributed by atoms with Crippen molar-refractivity contribution < 1.29 is 4.79 Å². The number of hydrogen-bond donors (Lipinski definition) is 0. The summed E-state index contributed by atoms with van der Waals surface area (Å²) in [5, 5.41) is 0. The highest BCUT2D eigenvalue weighted by molar-refractivity contribution is 7.99. The molecule has 0 saturated carbocycles. The Balaban J connectivity index is 1.84. The highest BCUT2D eigenvalue weighted by Crippen LogP contribution is 2.20. The molecule has 3 rings (SSSR count). The largest absolute Gasteiger partial charge is 0.340 e. The van der Waals surface area contributed by atoms with Crippen molar-refractivity contribution in [2.24, 2.45) is 0 Å². The van der Waals surface area contributed by atoms with Crippen LogP contribution in [0.1, 0.15) is 19.4 Å². The Morgan fingerprint density at radius 2 is 2.15 bits per heavy atom. The van der Waals surface area contributed by atoms with E-state index in [4.69, 9.17) is 0 Å². The lowest BCUT2D eigenvalue weighted by Crippen LogP contribution is -2.37. The van der Waals surface area contributed by atoms with Crippen LogP contribution in [0.4, 0.5) is 0 Å². The third-order valence-corrected chi connectivity index (χ3v) is 4.84. The van der Waals surface area contributed by atoms with E-state index < -0.39 is 0 Å². The van der Waals surface area contributed by atoms with Gasteiger partial charge < -0.3 is 9.47 Å². The zero-order valence-corrected chi connectivity index (χ0v) is 12.5. The molecule has 1 aliphatic rings. The van der Waals surface area contributed by atoms with Gasteiger partial charge in [-0.3, -0.25) is 4.79 Å². The Morgan fingerprint density at radius 1 is 1.30 bits per heavy atom. The van der Waals surface area contributed by atoms with Gasteiger partial charge in [0.1, 0.15) is 6.04 Å². The fourth-order valence-electron chi connectivity index (χ4n) is 2.64. The van der Waals surface area contributed by atoms with Crippen LogP contribution in [0, 0.1) is 0 Å². The molecule has 5 heteroatoms. The van der Waals surface area contributed by atoms with E-state index in [1.807, 2.05) is 52.4 Å². The summed E-state index contributed by atoms with van der Waals surface area (Å²) in [7, 11) is 0. The van der Waals surface area contributed by atoms with Crippen molar-refractivity contribution in [1.29, 1.82) is 0 Å². The standard InChI is InChI=1S/C15H19N3OS/c1-12(15(19)17-7-4-9-20-10-8-17)18-11-16-13-5-2-3-6-14(13)18/h2-3,5-6,11-12H,4,7-10H2,1H3/t12-/m0/s1. The predicted octanol–water partition coefficient (Wildman–Crippen LogP) is 2.56. The molecular formula is C15H19N3OS.